The van der Waals surface area contributed by atoms with Gasteiger partial charge in [-0.25, -0.2) is 5.10 Å². The van der Waals surface area contributed by atoms with Crippen LogP contribution in [0.5, 0.6) is 0 Å². The Hall–Kier alpha value is -2.90. The van der Waals surface area contributed by atoms with Gasteiger partial charge in [-0.3, -0.25) is 4.98 Å². The van der Waals surface area contributed by atoms with Gasteiger partial charge in [-0.2, -0.15) is 23.3 Å². The van der Waals surface area contributed by atoms with Crippen LogP contribution in [-0.2, 0) is 19.0 Å². The van der Waals surface area contributed by atoms with Crippen LogP contribution in [0.1, 0.15) is 29.7 Å². The lowest BCUT2D eigenvalue weighted by atomic mass is 9.92. The van der Waals surface area contributed by atoms with Gasteiger partial charge < -0.3 is 5.32 Å². The SMILES string of the molecule is FC(F)(F)c1ccccc1-c1cc(Nc2ncn[nH]2)c2c(n1)CCCC2. The molecule has 0 radical (unpaired) electrons. The van der Waals surface area contributed by atoms with Crippen molar-refractivity contribution in [2.75, 3.05) is 5.32 Å². The van der Waals surface area contributed by atoms with Gasteiger partial charge in [-0.15, -0.1) is 0 Å². The largest absolute Gasteiger partial charge is 0.417 e. The molecule has 0 fully saturated rings. The molecular weight excluding hydrogens is 343 g/mol. The number of alkyl halides is 3. The Labute approximate surface area is 147 Å². The first-order chi connectivity index (χ1) is 12.5. The van der Waals surface area contributed by atoms with Crippen molar-refractivity contribution in [3.8, 4) is 11.3 Å². The van der Waals surface area contributed by atoms with Crippen LogP contribution < -0.4 is 5.32 Å². The Kier molecular flexibility index (Phi) is 4.10. The second kappa shape index (κ2) is 6.44. The number of anilines is 2. The Morgan fingerprint density at radius 3 is 2.65 bits per heavy atom. The number of hydrogen-bond acceptors (Lipinski definition) is 4. The van der Waals surface area contributed by atoms with E-state index in [0.29, 0.717) is 11.6 Å². The van der Waals surface area contributed by atoms with Gasteiger partial charge in [-0.1, -0.05) is 18.2 Å². The minimum Gasteiger partial charge on any atom is -0.324 e. The lowest BCUT2D eigenvalue weighted by Crippen LogP contribution is -2.12. The Bertz CT molecular complexity index is 919. The summed E-state index contributed by atoms with van der Waals surface area (Å²) in [6.45, 7) is 0. The van der Waals surface area contributed by atoms with Crippen molar-refractivity contribution in [3.63, 3.8) is 0 Å². The number of aryl methyl sites for hydroxylation is 1. The Morgan fingerprint density at radius 2 is 1.88 bits per heavy atom. The quantitative estimate of drug-likeness (QED) is 0.722. The predicted molar refractivity (Wildman–Crippen MR) is 91.0 cm³/mol. The van der Waals surface area contributed by atoms with E-state index in [0.717, 1.165) is 48.7 Å². The molecule has 0 atom stereocenters. The number of nitrogens with zero attached hydrogens (tertiary/aromatic N) is 3. The van der Waals surface area contributed by atoms with Crippen molar-refractivity contribution in [3.05, 3.63) is 53.5 Å². The van der Waals surface area contributed by atoms with Crippen LogP contribution in [0.2, 0.25) is 0 Å². The minimum absolute atomic E-state index is 0.0778. The average molecular weight is 359 g/mol. The van der Waals surface area contributed by atoms with E-state index in [-0.39, 0.29) is 5.56 Å². The number of aromatic nitrogens is 4. The van der Waals surface area contributed by atoms with Gasteiger partial charge in [0.1, 0.15) is 6.33 Å². The summed E-state index contributed by atoms with van der Waals surface area (Å²) in [5.74, 6) is 0.444. The van der Waals surface area contributed by atoms with E-state index in [1.165, 1.54) is 18.5 Å². The van der Waals surface area contributed by atoms with Gasteiger partial charge in [0.2, 0.25) is 5.95 Å². The Morgan fingerprint density at radius 1 is 1.08 bits per heavy atom. The molecule has 0 amide bonds. The highest BCUT2D eigenvalue weighted by Crippen LogP contribution is 2.39. The van der Waals surface area contributed by atoms with E-state index in [4.69, 9.17) is 0 Å². The molecule has 2 N–H and O–H groups in total. The van der Waals surface area contributed by atoms with E-state index < -0.39 is 11.7 Å². The number of benzene rings is 1. The number of halogens is 3. The summed E-state index contributed by atoms with van der Waals surface area (Å²) >= 11 is 0. The number of hydrogen-bond donors (Lipinski definition) is 2. The standard InChI is InChI=1S/C18H16F3N5/c19-18(20,21)13-7-3-1-5-11(13)15-9-16(25-17-22-10-23-26-17)12-6-2-4-8-14(12)24-15/h1,3,5,7,9-10H,2,4,6,8H2,(H2,22,23,24,25,26). The summed E-state index contributed by atoms with van der Waals surface area (Å²) in [5.41, 5.74) is 2.29. The van der Waals surface area contributed by atoms with Gasteiger partial charge in [0.15, 0.2) is 0 Å². The third kappa shape index (κ3) is 3.14. The normalized spacial score (nSPS) is 14.1. The van der Waals surface area contributed by atoms with Crippen LogP contribution in [0.25, 0.3) is 11.3 Å². The summed E-state index contributed by atoms with van der Waals surface area (Å²) in [6, 6.07) is 7.18. The van der Waals surface area contributed by atoms with E-state index in [1.807, 2.05) is 0 Å². The zero-order valence-electron chi connectivity index (χ0n) is 13.8. The first kappa shape index (κ1) is 16.6. The molecule has 1 aromatic carbocycles. The molecule has 0 spiro atoms. The fourth-order valence-corrected chi connectivity index (χ4v) is 3.30. The zero-order chi connectivity index (χ0) is 18.1. The van der Waals surface area contributed by atoms with Crippen LogP contribution in [0.3, 0.4) is 0 Å². The molecule has 134 valence electrons. The number of aromatic amines is 1. The lowest BCUT2D eigenvalue weighted by Gasteiger charge is -2.21. The van der Waals surface area contributed by atoms with Crippen molar-refractivity contribution < 1.29 is 13.2 Å². The second-order valence-electron chi connectivity index (χ2n) is 6.19. The summed E-state index contributed by atoms with van der Waals surface area (Å²) in [6.07, 6.45) is 0.523. The number of H-pyrrole nitrogens is 1. The second-order valence-corrected chi connectivity index (χ2v) is 6.19. The van der Waals surface area contributed by atoms with Gasteiger partial charge in [-0.05, 0) is 43.4 Å². The summed E-state index contributed by atoms with van der Waals surface area (Å²) in [5, 5.41) is 9.64. The summed E-state index contributed by atoms with van der Waals surface area (Å²) in [4.78, 5) is 8.60. The van der Waals surface area contributed by atoms with E-state index >= 15 is 0 Å². The van der Waals surface area contributed by atoms with Gasteiger partial charge in [0, 0.05) is 16.9 Å². The van der Waals surface area contributed by atoms with Crippen LogP contribution >= 0.6 is 0 Å². The summed E-state index contributed by atoms with van der Waals surface area (Å²) in [7, 11) is 0. The van der Waals surface area contributed by atoms with Crippen molar-refractivity contribution in [1.29, 1.82) is 0 Å². The molecule has 0 bridgehead atoms. The average Bonchev–Trinajstić information content (AvgIpc) is 3.14. The van der Waals surface area contributed by atoms with Crippen molar-refractivity contribution in [2.24, 2.45) is 0 Å². The third-order valence-electron chi connectivity index (χ3n) is 4.48. The molecule has 26 heavy (non-hydrogen) atoms. The Balaban J connectivity index is 1.86. The molecule has 5 nitrogen and oxygen atoms in total. The van der Waals surface area contributed by atoms with Crippen LogP contribution in [0.15, 0.2) is 36.7 Å². The smallest absolute Gasteiger partial charge is 0.324 e. The highest BCUT2D eigenvalue weighted by Gasteiger charge is 2.34. The van der Waals surface area contributed by atoms with E-state index in [1.54, 1.807) is 12.1 Å². The molecule has 4 rings (SSSR count). The van der Waals surface area contributed by atoms with Gasteiger partial charge >= 0.3 is 6.18 Å². The van der Waals surface area contributed by atoms with Gasteiger partial charge in [0.25, 0.3) is 0 Å². The maximum Gasteiger partial charge on any atom is 0.417 e. The van der Waals surface area contributed by atoms with Crippen LogP contribution in [-0.4, -0.2) is 20.2 Å². The van der Waals surface area contributed by atoms with E-state index in [9.17, 15) is 13.2 Å². The highest BCUT2D eigenvalue weighted by molar-refractivity contribution is 5.72. The molecule has 0 saturated carbocycles. The van der Waals surface area contributed by atoms with E-state index in [2.05, 4.69) is 25.5 Å². The molecule has 8 heteroatoms. The van der Waals surface area contributed by atoms with Crippen LogP contribution in [0.4, 0.5) is 24.8 Å². The maximum absolute atomic E-state index is 13.4. The number of fused-ring (bicyclic) bond motifs is 1. The molecule has 3 aromatic rings. The molecule has 0 unspecified atom stereocenters. The molecule has 0 saturated heterocycles. The third-order valence-corrected chi connectivity index (χ3v) is 4.48. The van der Waals surface area contributed by atoms with Crippen molar-refractivity contribution in [2.45, 2.75) is 31.9 Å². The molecule has 1 aliphatic carbocycles. The maximum atomic E-state index is 13.4. The number of rotatable bonds is 3. The van der Waals surface area contributed by atoms with Crippen molar-refractivity contribution >= 4 is 11.6 Å². The molecule has 1 aliphatic rings. The van der Waals surface area contributed by atoms with Crippen molar-refractivity contribution in [1.82, 2.24) is 20.2 Å². The van der Waals surface area contributed by atoms with Crippen LogP contribution in [0, 0.1) is 0 Å². The molecule has 2 aromatic heterocycles. The number of nitrogens with one attached hydrogen (secondary N) is 2. The zero-order valence-corrected chi connectivity index (χ0v) is 13.8. The summed E-state index contributed by atoms with van der Waals surface area (Å²) < 4.78 is 40.2. The molecule has 2 heterocycles. The fraction of sp³-hybridized carbons (Fsp3) is 0.278. The molecule has 0 aliphatic heterocycles. The van der Waals surface area contributed by atoms with Gasteiger partial charge in [0.05, 0.1) is 11.3 Å². The molecular formula is C18H16F3N5. The minimum atomic E-state index is -4.44. The predicted octanol–water partition coefficient (Wildman–Crippen LogP) is 4.51. The lowest BCUT2D eigenvalue weighted by molar-refractivity contribution is -0.137. The topological polar surface area (TPSA) is 66.5 Å². The first-order valence-electron chi connectivity index (χ1n) is 8.34. The first-order valence-corrected chi connectivity index (χ1v) is 8.34. The fourth-order valence-electron chi connectivity index (χ4n) is 3.30. The monoisotopic (exact) mass is 359 g/mol. The number of pyridine rings is 1. The highest BCUT2D eigenvalue weighted by atomic mass is 19.4.